The first-order chi connectivity index (χ1) is 24.6. The van der Waals surface area contributed by atoms with Crippen LogP contribution in [0.4, 0.5) is 0 Å². The summed E-state index contributed by atoms with van der Waals surface area (Å²) >= 11 is 0. The Morgan fingerprint density at radius 2 is 1.02 bits per heavy atom. The molecule has 12 heteroatoms. The van der Waals surface area contributed by atoms with Gasteiger partial charge >= 0.3 is 23.9 Å². The highest BCUT2D eigenvalue weighted by Gasteiger charge is 2.64. The van der Waals surface area contributed by atoms with E-state index in [0.717, 1.165) is 45.8 Å². The monoisotopic (exact) mass is 722 g/mol. The molecule has 4 saturated heterocycles. The Morgan fingerprint density at radius 3 is 1.31 bits per heavy atom. The lowest BCUT2D eigenvalue weighted by atomic mass is 9.57. The van der Waals surface area contributed by atoms with E-state index >= 15 is 0 Å². The zero-order valence-corrected chi connectivity index (χ0v) is 31.3. The number of piperidine rings is 2. The van der Waals surface area contributed by atoms with Crippen molar-refractivity contribution < 1.29 is 57.3 Å². The number of aliphatic carboxylic acids is 2. The van der Waals surface area contributed by atoms with Crippen LogP contribution >= 0.6 is 0 Å². The number of methoxy groups -OCH3 is 2. The number of rotatable bonds is 13. The third-order valence-corrected chi connectivity index (χ3v) is 13.5. The van der Waals surface area contributed by atoms with E-state index in [2.05, 4.69) is 14.1 Å². The second kappa shape index (κ2) is 14.3. The van der Waals surface area contributed by atoms with E-state index in [-0.39, 0.29) is 42.4 Å². The lowest BCUT2D eigenvalue weighted by Crippen LogP contribution is -2.63. The van der Waals surface area contributed by atoms with Gasteiger partial charge in [-0.3, -0.25) is 19.2 Å². The summed E-state index contributed by atoms with van der Waals surface area (Å²) in [6, 6.07) is 12.0. The van der Waals surface area contributed by atoms with Gasteiger partial charge in [0, 0.05) is 76.3 Å². The summed E-state index contributed by atoms with van der Waals surface area (Å²) in [5.74, 6) is -1.62. The molecule has 0 spiro atoms. The fraction of sp³-hybridized carbons (Fsp3) is 0.600. The molecule has 4 unspecified atom stereocenters. The SMILES string of the molecule is COc1cc(C[N+]2(C)C3CCC2CC(C(CC(=O)O)(C(=O)O)C2CC4CCC(C2)[N+]4(C)Cc2ccc(OC(C)=O)c(OC)c2)C3)ccc1OC(C)=O. The standard InChI is InChI=1S/C40H52N2O10/c1-24(43)51-34-13-7-26(15-36(34)49-5)22-41(3)30-9-10-31(41)18-28(17-30)40(39(47)48,21-38(45)46)29-19-32-11-12-33(20-29)42(32,4)23-27-8-14-35(52-25(2)44)37(16-27)50-6/h7-8,13-16,28-33H,9-12,17-23H2,1-6H3/p+2. The maximum absolute atomic E-state index is 13.7. The molecule has 12 nitrogen and oxygen atoms in total. The Labute approximate surface area is 305 Å². The number of nitrogens with zero attached hydrogens (tertiary/aromatic N) is 2. The molecule has 6 rings (SSSR count). The molecule has 4 fully saturated rings. The van der Waals surface area contributed by atoms with E-state index in [1.54, 1.807) is 26.4 Å². The van der Waals surface area contributed by atoms with E-state index in [1.165, 1.54) is 13.8 Å². The molecule has 0 amide bonds. The summed E-state index contributed by atoms with van der Waals surface area (Å²) < 4.78 is 23.2. The summed E-state index contributed by atoms with van der Waals surface area (Å²) in [6.45, 7) is 4.14. The normalized spacial score (nSPS) is 31.7. The molecule has 0 radical (unpaired) electrons. The lowest BCUT2D eigenvalue weighted by molar-refractivity contribution is -0.963. The highest BCUT2D eigenvalue weighted by Crippen LogP contribution is 2.59. The van der Waals surface area contributed by atoms with Crippen molar-refractivity contribution in [1.29, 1.82) is 0 Å². The number of carboxylic acid groups (broad SMARTS) is 2. The van der Waals surface area contributed by atoms with Crippen molar-refractivity contribution in [1.82, 2.24) is 0 Å². The first-order valence-corrected chi connectivity index (χ1v) is 18.5. The summed E-state index contributed by atoms with van der Waals surface area (Å²) in [6.07, 6.45) is 6.17. The molecule has 282 valence electrons. The molecule has 0 aromatic heterocycles. The second-order valence-electron chi connectivity index (χ2n) is 16.2. The lowest BCUT2D eigenvalue weighted by Gasteiger charge is -2.55. The van der Waals surface area contributed by atoms with Crippen molar-refractivity contribution in [3.8, 4) is 23.0 Å². The number of hydrogen-bond donors (Lipinski definition) is 2. The van der Waals surface area contributed by atoms with Gasteiger partial charge in [-0.15, -0.1) is 0 Å². The van der Waals surface area contributed by atoms with Gasteiger partial charge in [0.05, 0.1) is 64.3 Å². The van der Waals surface area contributed by atoms with E-state index < -0.39 is 29.3 Å². The summed E-state index contributed by atoms with van der Waals surface area (Å²) in [5.41, 5.74) is 0.730. The van der Waals surface area contributed by atoms with Crippen molar-refractivity contribution in [2.45, 2.75) is 109 Å². The molecule has 2 N–H and O–H groups in total. The largest absolute Gasteiger partial charge is 0.493 e. The number of benzene rings is 2. The Bertz CT molecular complexity index is 1590. The summed E-state index contributed by atoms with van der Waals surface area (Å²) in [4.78, 5) is 49.6. The molecule has 4 atom stereocenters. The smallest absolute Gasteiger partial charge is 0.310 e. The maximum Gasteiger partial charge on any atom is 0.310 e. The fourth-order valence-electron chi connectivity index (χ4n) is 11.0. The predicted molar refractivity (Wildman–Crippen MR) is 190 cm³/mol. The zero-order valence-electron chi connectivity index (χ0n) is 31.3. The molecule has 4 heterocycles. The van der Waals surface area contributed by atoms with Crippen LogP contribution in [-0.2, 0) is 32.3 Å². The number of hydrogen-bond acceptors (Lipinski definition) is 8. The van der Waals surface area contributed by atoms with Gasteiger partial charge in [-0.1, -0.05) is 0 Å². The van der Waals surface area contributed by atoms with Gasteiger partial charge in [0.2, 0.25) is 0 Å². The van der Waals surface area contributed by atoms with Crippen molar-refractivity contribution in [3.05, 3.63) is 47.5 Å². The van der Waals surface area contributed by atoms with E-state index in [4.69, 9.17) is 18.9 Å². The molecule has 0 saturated carbocycles. The summed E-state index contributed by atoms with van der Waals surface area (Å²) in [5, 5.41) is 21.6. The van der Waals surface area contributed by atoms with E-state index in [1.807, 2.05) is 24.3 Å². The quantitative estimate of drug-likeness (QED) is 0.153. The fourth-order valence-corrected chi connectivity index (χ4v) is 11.0. The predicted octanol–water partition coefficient (Wildman–Crippen LogP) is 5.58. The number of ether oxygens (including phenoxy) is 4. The third kappa shape index (κ3) is 6.75. The Balaban J connectivity index is 1.24. The highest BCUT2D eigenvalue weighted by atomic mass is 16.6. The Kier molecular flexibility index (Phi) is 10.4. The molecule has 4 aliphatic rings. The first kappa shape index (κ1) is 37.6. The van der Waals surface area contributed by atoms with Crippen LogP contribution in [-0.4, -0.2) is 95.5 Å². The molecule has 2 aromatic rings. The molecular weight excluding hydrogens is 668 g/mol. The van der Waals surface area contributed by atoms with Crippen LogP contribution in [0.3, 0.4) is 0 Å². The zero-order chi connectivity index (χ0) is 37.6. The molecule has 52 heavy (non-hydrogen) atoms. The van der Waals surface area contributed by atoms with Gasteiger partial charge in [0.15, 0.2) is 23.0 Å². The highest BCUT2D eigenvalue weighted by molar-refractivity contribution is 5.82. The van der Waals surface area contributed by atoms with Crippen LogP contribution in [0.2, 0.25) is 0 Å². The Morgan fingerprint density at radius 1 is 0.654 bits per heavy atom. The number of carbonyl (C=O) groups is 4. The average molecular weight is 723 g/mol. The van der Waals surface area contributed by atoms with Gasteiger partial charge in [0.25, 0.3) is 0 Å². The number of quaternary nitrogens is 2. The summed E-state index contributed by atoms with van der Waals surface area (Å²) in [7, 11) is 7.60. The van der Waals surface area contributed by atoms with E-state index in [9.17, 15) is 29.4 Å². The average Bonchev–Trinajstić information content (AvgIpc) is 3.31. The molecule has 2 aromatic carbocycles. The minimum Gasteiger partial charge on any atom is -0.493 e. The minimum atomic E-state index is -1.35. The van der Waals surface area contributed by atoms with Crippen molar-refractivity contribution in [3.63, 3.8) is 0 Å². The van der Waals surface area contributed by atoms with Gasteiger partial charge in [0.1, 0.15) is 13.1 Å². The van der Waals surface area contributed by atoms with Crippen molar-refractivity contribution in [2.75, 3.05) is 28.3 Å². The van der Waals surface area contributed by atoms with Gasteiger partial charge in [-0.25, -0.2) is 0 Å². The van der Waals surface area contributed by atoms with Crippen LogP contribution in [0.1, 0.15) is 82.8 Å². The number of carbonyl (C=O) groups excluding carboxylic acids is 2. The molecular formula is C40H54N2O10+2. The first-order valence-electron chi connectivity index (χ1n) is 18.5. The van der Waals surface area contributed by atoms with Crippen molar-refractivity contribution in [2.24, 2.45) is 17.3 Å². The molecule has 4 bridgehead atoms. The maximum atomic E-state index is 13.7. The number of carboxylic acids is 2. The minimum absolute atomic E-state index is 0.196. The Hall–Kier alpha value is -4.16. The number of fused-ring (bicyclic) bond motifs is 4. The van der Waals surface area contributed by atoms with E-state index in [0.29, 0.717) is 61.8 Å². The topological polar surface area (TPSA) is 146 Å². The second-order valence-corrected chi connectivity index (χ2v) is 16.2. The number of esters is 2. The van der Waals surface area contributed by atoms with Gasteiger partial charge in [-0.2, -0.15) is 0 Å². The van der Waals surface area contributed by atoms with Crippen LogP contribution in [0.15, 0.2) is 36.4 Å². The van der Waals surface area contributed by atoms with Crippen LogP contribution in [0, 0.1) is 17.3 Å². The van der Waals surface area contributed by atoms with Crippen LogP contribution < -0.4 is 18.9 Å². The van der Waals surface area contributed by atoms with Crippen LogP contribution in [0.5, 0.6) is 23.0 Å². The van der Waals surface area contributed by atoms with Gasteiger partial charge in [-0.05, 0) is 48.2 Å². The third-order valence-electron chi connectivity index (χ3n) is 13.5. The molecule has 4 aliphatic heterocycles. The van der Waals surface area contributed by atoms with Crippen molar-refractivity contribution >= 4 is 23.9 Å². The molecule has 0 aliphatic carbocycles. The van der Waals surface area contributed by atoms with Gasteiger partial charge < -0.3 is 38.1 Å². The van der Waals surface area contributed by atoms with Crippen LogP contribution in [0.25, 0.3) is 0 Å².